The normalized spacial score (nSPS) is 15.1. The van der Waals surface area contributed by atoms with Crippen LogP contribution in [0.5, 0.6) is 5.75 Å². The van der Waals surface area contributed by atoms with Gasteiger partial charge in [0.25, 0.3) is 5.91 Å². The Morgan fingerprint density at radius 2 is 1.72 bits per heavy atom. The Kier molecular flexibility index (Phi) is 5.72. The van der Waals surface area contributed by atoms with E-state index in [1.807, 2.05) is 24.3 Å². The third-order valence-corrected chi connectivity index (χ3v) is 4.65. The van der Waals surface area contributed by atoms with E-state index >= 15 is 0 Å². The largest absolute Gasteiger partial charge is 0.497 e. The highest BCUT2D eigenvalue weighted by atomic mass is 16.5. The van der Waals surface area contributed by atoms with Crippen LogP contribution in [0.4, 0.5) is 10.5 Å². The first-order valence-electron chi connectivity index (χ1n) is 9.24. The fourth-order valence-electron chi connectivity index (χ4n) is 2.98. The third-order valence-electron chi connectivity index (χ3n) is 4.65. The van der Waals surface area contributed by atoms with Gasteiger partial charge in [-0.2, -0.15) is 0 Å². The summed E-state index contributed by atoms with van der Waals surface area (Å²) in [6.07, 6.45) is 0. The van der Waals surface area contributed by atoms with Crippen molar-refractivity contribution in [1.82, 2.24) is 15.5 Å². The minimum atomic E-state index is -0.752. The molecule has 1 aliphatic rings. The highest BCUT2D eigenvalue weighted by Gasteiger charge is 2.41. The van der Waals surface area contributed by atoms with Crippen molar-refractivity contribution in [2.45, 2.75) is 32.5 Å². The van der Waals surface area contributed by atoms with Gasteiger partial charge in [-0.05, 0) is 49.2 Å². The number of nitrogens with zero attached hydrogens (tertiary/aromatic N) is 1. The number of amides is 3. The second-order valence-corrected chi connectivity index (χ2v) is 7.34. The molecule has 152 valence electrons. The average Bonchev–Trinajstić information content (AvgIpc) is 2.89. The number of guanidine groups is 1. The van der Waals surface area contributed by atoms with Crippen LogP contribution in [-0.2, 0) is 17.9 Å². The molecule has 2 aromatic rings. The van der Waals surface area contributed by atoms with Gasteiger partial charge in [-0.3, -0.25) is 15.1 Å². The van der Waals surface area contributed by atoms with Gasteiger partial charge in [0.05, 0.1) is 13.7 Å². The van der Waals surface area contributed by atoms with Crippen LogP contribution < -0.4 is 20.7 Å². The molecule has 2 aromatic carbocycles. The van der Waals surface area contributed by atoms with Gasteiger partial charge < -0.3 is 20.7 Å². The summed E-state index contributed by atoms with van der Waals surface area (Å²) in [5.41, 5.74) is 1.76. The maximum Gasteiger partial charge on any atom is 0.319 e. The lowest BCUT2D eigenvalue weighted by molar-refractivity contribution is -0.130. The zero-order valence-electron chi connectivity index (χ0n) is 16.7. The number of nitrogens with one attached hydrogen (secondary N) is 4. The smallest absolute Gasteiger partial charge is 0.319 e. The Bertz CT molecular complexity index is 907. The van der Waals surface area contributed by atoms with Gasteiger partial charge >= 0.3 is 6.03 Å². The van der Waals surface area contributed by atoms with Crippen LogP contribution in [0.3, 0.4) is 0 Å². The minimum Gasteiger partial charge on any atom is -0.497 e. The summed E-state index contributed by atoms with van der Waals surface area (Å²) in [5, 5.41) is 16.4. The van der Waals surface area contributed by atoms with Gasteiger partial charge in [-0.1, -0.05) is 24.3 Å². The third kappa shape index (κ3) is 4.84. The molecule has 0 radical (unpaired) electrons. The van der Waals surface area contributed by atoms with E-state index in [1.54, 1.807) is 45.2 Å². The van der Waals surface area contributed by atoms with E-state index in [1.165, 1.54) is 4.90 Å². The van der Waals surface area contributed by atoms with Crippen molar-refractivity contribution in [1.29, 1.82) is 5.41 Å². The number of ether oxygens (including phenoxy) is 1. The van der Waals surface area contributed by atoms with Crippen molar-refractivity contribution in [2.24, 2.45) is 0 Å². The van der Waals surface area contributed by atoms with E-state index in [9.17, 15) is 9.59 Å². The Hall–Kier alpha value is -3.55. The number of anilines is 1. The number of hydrogen-bond acceptors (Lipinski definition) is 4. The van der Waals surface area contributed by atoms with Crippen LogP contribution in [0.25, 0.3) is 0 Å². The Balaban J connectivity index is 1.50. The summed E-state index contributed by atoms with van der Waals surface area (Å²) < 4.78 is 5.09. The number of hydrogen-bond donors (Lipinski definition) is 4. The van der Waals surface area contributed by atoms with Crippen LogP contribution in [0.2, 0.25) is 0 Å². The van der Waals surface area contributed by atoms with Crippen LogP contribution in [0.1, 0.15) is 25.0 Å². The first-order chi connectivity index (χ1) is 13.8. The second-order valence-electron chi connectivity index (χ2n) is 7.34. The molecule has 3 rings (SSSR count). The SMILES string of the molecule is COc1ccc(NC(=O)NCc2ccc(CN3C(=N)NC(C)(C)C3=O)cc2)cc1. The van der Waals surface area contributed by atoms with Gasteiger partial charge in [0, 0.05) is 12.2 Å². The quantitative estimate of drug-likeness (QED) is 0.603. The molecule has 4 N–H and O–H groups in total. The number of rotatable bonds is 6. The monoisotopic (exact) mass is 395 g/mol. The van der Waals surface area contributed by atoms with E-state index in [4.69, 9.17) is 10.1 Å². The number of methoxy groups -OCH3 is 1. The maximum atomic E-state index is 12.3. The lowest BCUT2D eigenvalue weighted by Crippen LogP contribution is -2.40. The lowest BCUT2D eigenvalue weighted by Gasteiger charge is -2.17. The molecule has 3 amide bonds. The van der Waals surface area contributed by atoms with E-state index in [2.05, 4.69) is 16.0 Å². The molecule has 1 fully saturated rings. The standard InChI is InChI=1S/C21H25N5O3/c1-21(2)18(27)26(19(22)25-21)13-15-6-4-14(5-7-15)12-23-20(28)24-16-8-10-17(29-3)11-9-16/h4-11H,12-13H2,1-3H3,(H2,22,25)(H2,23,24,28). The summed E-state index contributed by atoms with van der Waals surface area (Å²) in [6.45, 7) is 4.22. The molecule has 0 aliphatic carbocycles. The Morgan fingerprint density at radius 1 is 1.10 bits per heavy atom. The highest BCUT2D eigenvalue weighted by Crippen LogP contribution is 2.19. The fourth-order valence-corrected chi connectivity index (χ4v) is 2.98. The first kappa shape index (κ1) is 20.2. The van der Waals surface area contributed by atoms with Crippen molar-refractivity contribution in [3.63, 3.8) is 0 Å². The number of urea groups is 1. The molecular formula is C21H25N5O3. The molecule has 8 heteroatoms. The molecule has 0 unspecified atom stereocenters. The fraction of sp³-hybridized carbons (Fsp3) is 0.286. The van der Waals surface area contributed by atoms with Crippen LogP contribution >= 0.6 is 0 Å². The predicted molar refractivity (Wildman–Crippen MR) is 111 cm³/mol. The predicted octanol–water partition coefficient (Wildman–Crippen LogP) is 2.66. The zero-order chi connectivity index (χ0) is 21.0. The zero-order valence-corrected chi connectivity index (χ0v) is 16.7. The van der Waals surface area contributed by atoms with Crippen LogP contribution in [0, 0.1) is 5.41 Å². The van der Waals surface area contributed by atoms with Crippen LogP contribution in [-0.4, -0.2) is 35.4 Å². The summed E-state index contributed by atoms with van der Waals surface area (Å²) in [6, 6.07) is 14.3. The molecule has 1 aliphatic heterocycles. The van der Waals surface area contributed by atoms with Gasteiger partial charge in [0.1, 0.15) is 11.3 Å². The minimum absolute atomic E-state index is 0.112. The topological polar surface area (TPSA) is 107 Å². The first-order valence-corrected chi connectivity index (χ1v) is 9.24. The molecule has 1 saturated heterocycles. The Labute approximate surface area is 169 Å². The number of carbonyl (C=O) groups excluding carboxylic acids is 2. The van der Waals surface area contributed by atoms with Crippen molar-refractivity contribution in [3.05, 3.63) is 59.7 Å². The molecule has 8 nitrogen and oxygen atoms in total. The lowest BCUT2D eigenvalue weighted by atomic mass is 10.1. The number of carbonyl (C=O) groups is 2. The van der Waals surface area contributed by atoms with Crippen molar-refractivity contribution >= 4 is 23.6 Å². The molecule has 0 aromatic heterocycles. The van der Waals surface area contributed by atoms with Crippen molar-refractivity contribution < 1.29 is 14.3 Å². The van der Waals surface area contributed by atoms with Gasteiger partial charge in [-0.15, -0.1) is 0 Å². The molecular weight excluding hydrogens is 370 g/mol. The molecule has 0 atom stereocenters. The van der Waals surface area contributed by atoms with Crippen molar-refractivity contribution in [2.75, 3.05) is 12.4 Å². The highest BCUT2D eigenvalue weighted by molar-refractivity contribution is 6.07. The molecule has 0 spiro atoms. The second kappa shape index (κ2) is 8.22. The summed E-state index contributed by atoms with van der Waals surface area (Å²) in [7, 11) is 1.59. The molecule has 0 bridgehead atoms. The number of benzene rings is 2. The molecule has 1 heterocycles. The molecule has 0 saturated carbocycles. The van der Waals surface area contributed by atoms with Gasteiger partial charge in [0.15, 0.2) is 5.96 Å². The Morgan fingerprint density at radius 3 is 2.28 bits per heavy atom. The summed E-state index contributed by atoms with van der Waals surface area (Å²) >= 11 is 0. The van der Waals surface area contributed by atoms with Crippen LogP contribution in [0.15, 0.2) is 48.5 Å². The summed E-state index contributed by atoms with van der Waals surface area (Å²) in [4.78, 5) is 25.8. The average molecular weight is 395 g/mol. The van der Waals surface area contributed by atoms with Gasteiger partial charge in [-0.25, -0.2) is 4.79 Å². The maximum absolute atomic E-state index is 12.3. The van der Waals surface area contributed by atoms with E-state index in [0.717, 1.165) is 16.9 Å². The van der Waals surface area contributed by atoms with Gasteiger partial charge in [0.2, 0.25) is 0 Å². The van der Waals surface area contributed by atoms with E-state index in [-0.39, 0.29) is 17.9 Å². The van der Waals surface area contributed by atoms with E-state index < -0.39 is 5.54 Å². The molecule has 29 heavy (non-hydrogen) atoms. The van der Waals surface area contributed by atoms with E-state index in [0.29, 0.717) is 18.8 Å². The summed E-state index contributed by atoms with van der Waals surface area (Å²) in [5.74, 6) is 0.713. The van der Waals surface area contributed by atoms with Crippen molar-refractivity contribution in [3.8, 4) is 5.75 Å².